The Morgan fingerprint density at radius 1 is 0.697 bits per heavy atom. The molecule has 33 heavy (non-hydrogen) atoms. The molecule has 1 unspecified atom stereocenters. The third kappa shape index (κ3) is 2.67. The number of nitrogens with zero attached hydrogens (tertiary/aromatic N) is 2. The lowest BCUT2D eigenvalue weighted by Gasteiger charge is -2.20. The van der Waals surface area contributed by atoms with Crippen LogP contribution < -0.4 is 0 Å². The van der Waals surface area contributed by atoms with Crippen LogP contribution in [-0.2, 0) is 6.42 Å². The molecule has 0 amide bonds. The van der Waals surface area contributed by atoms with Gasteiger partial charge in [0.1, 0.15) is 0 Å². The van der Waals surface area contributed by atoms with E-state index >= 15 is 0 Å². The number of benzene rings is 3. The molecule has 0 radical (unpaired) electrons. The van der Waals surface area contributed by atoms with Crippen molar-refractivity contribution in [2.75, 3.05) is 0 Å². The van der Waals surface area contributed by atoms with Crippen molar-refractivity contribution in [3.8, 4) is 11.4 Å². The van der Waals surface area contributed by atoms with E-state index in [2.05, 4.69) is 113 Å². The summed E-state index contributed by atoms with van der Waals surface area (Å²) in [5.74, 6) is 0.492. The van der Waals surface area contributed by atoms with Crippen LogP contribution in [0.25, 0.3) is 45.3 Å². The molecule has 2 heteroatoms. The maximum absolute atomic E-state index is 2.50. The van der Waals surface area contributed by atoms with Gasteiger partial charge in [-0.2, -0.15) is 0 Å². The monoisotopic (exact) mass is 426 g/mol. The first-order valence-corrected chi connectivity index (χ1v) is 12.0. The van der Waals surface area contributed by atoms with Crippen molar-refractivity contribution in [2.45, 2.75) is 32.1 Å². The highest BCUT2D eigenvalue weighted by Gasteiger charge is 2.24. The van der Waals surface area contributed by atoms with E-state index in [-0.39, 0.29) is 0 Å². The molecule has 1 atom stereocenters. The summed E-state index contributed by atoms with van der Waals surface area (Å²) in [5, 5.41) is 2.69. The van der Waals surface area contributed by atoms with E-state index in [1.54, 1.807) is 0 Å². The predicted octanol–water partition coefficient (Wildman–Crippen LogP) is 8.05. The lowest BCUT2D eigenvalue weighted by molar-refractivity contribution is 0.723. The van der Waals surface area contributed by atoms with Crippen molar-refractivity contribution in [1.29, 1.82) is 0 Å². The highest BCUT2D eigenvalue weighted by molar-refractivity contribution is 5.95. The molecule has 0 N–H and O–H groups in total. The average Bonchev–Trinajstić information content (AvgIpc) is 3.38. The van der Waals surface area contributed by atoms with Crippen LogP contribution in [0.2, 0.25) is 0 Å². The van der Waals surface area contributed by atoms with Gasteiger partial charge in [-0.1, -0.05) is 73.7 Å². The van der Waals surface area contributed by atoms with Gasteiger partial charge in [-0.3, -0.25) is 0 Å². The van der Waals surface area contributed by atoms with Crippen LogP contribution in [0.4, 0.5) is 0 Å². The highest BCUT2D eigenvalue weighted by Crippen LogP contribution is 2.40. The van der Waals surface area contributed by atoms with E-state index in [4.69, 9.17) is 0 Å². The molecule has 0 saturated heterocycles. The Kier molecular flexibility index (Phi) is 4.04. The van der Waals surface area contributed by atoms with Crippen LogP contribution in [0.15, 0.2) is 84.9 Å². The molecule has 160 valence electrons. The average molecular weight is 427 g/mol. The van der Waals surface area contributed by atoms with Crippen molar-refractivity contribution in [1.82, 2.24) is 9.13 Å². The number of fused-ring (bicyclic) bond motifs is 6. The first-order chi connectivity index (χ1) is 16.3. The summed E-state index contributed by atoms with van der Waals surface area (Å²) < 4.78 is 4.99. The van der Waals surface area contributed by atoms with Crippen molar-refractivity contribution in [3.05, 3.63) is 107 Å². The molecule has 3 aromatic carbocycles. The van der Waals surface area contributed by atoms with Gasteiger partial charge in [0.2, 0.25) is 0 Å². The van der Waals surface area contributed by atoms with Crippen molar-refractivity contribution in [2.24, 2.45) is 0 Å². The number of allylic oxidation sites excluding steroid dienone is 2. The predicted molar refractivity (Wildman–Crippen MR) is 140 cm³/mol. The molecule has 0 spiro atoms. The summed E-state index contributed by atoms with van der Waals surface area (Å²) in [5.41, 5.74) is 10.7. The molecule has 2 aromatic heterocycles. The third-order valence-corrected chi connectivity index (χ3v) is 7.39. The standard InChI is InChI=1S/C31H26N2/c1-21-10-8-16-27-26-15-4-7-19-30(26)33(31(21)27)23-12-9-11-22(20-23)32-28-17-5-2-13-24(28)25-14-3-6-18-29(25)32/h2-5,7-9,11-17,19-21H,6,10,18H2,1H3. The largest absolute Gasteiger partial charge is 0.313 e. The zero-order valence-electron chi connectivity index (χ0n) is 18.8. The fraction of sp³-hybridized carbons (Fsp3) is 0.161. The normalized spacial score (nSPS) is 16.9. The minimum atomic E-state index is 0.492. The van der Waals surface area contributed by atoms with E-state index < -0.39 is 0 Å². The van der Waals surface area contributed by atoms with Gasteiger partial charge in [0.15, 0.2) is 0 Å². The first-order valence-electron chi connectivity index (χ1n) is 12.0. The highest BCUT2D eigenvalue weighted by atomic mass is 15.0. The van der Waals surface area contributed by atoms with E-state index in [9.17, 15) is 0 Å². The molecule has 0 saturated carbocycles. The van der Waals surface area contributed by atoms with Gasteiger partial charge in [-0.15, -0.1) is 0 Å². The smallest absolute Gasteiger partial charge is 0.0537 e. The second-order valence-electron chi connectivity index (χ2n) is 9.36. The minimum absolute atomic E-state index is 0.492. The maximum atomic E-state index is 2.50. The van der Waals surface area contributed by atoms with Crippen LogP contribution in [0.1, 0.15) is 48.2 Å². The molecule has 0 bridgehead atoms. The van der Waals surface area contributed by atoms with E-state index in [0.717, 1.165) is 19.3 Å². The molecule has 2 aliphatic carbocycles. The van der Waals surface area contributed by atoms with E-state index in [1.165, 1.54) is 55.7 Å². The number of aromatic nitrogens is 2. The Morgan fingerprint density at radius 3 is 2.18 bits per heavy atom. The van der Waals surface area contributed by atoms with Gasteiger partial charge in [-0.05, 0) is 49.6 Å². The fourth-order valence-corrected chi connectivity index (χ4v) is 5.96. The lowest BCUT2D eigenvalue weighted by Crippen LogP contribution is -2.08. The summed E-state index contributed by atoms with van der Waals surface area (Å²) in [6.45, 7) is 2.35. The number of hydrogen-bond acceptors (Lipinski definition) is 0. The van der Waals surface area contributed by atoms with Crippen molar-refractivity contribution >= 4 is 34.0 Å². The van der Waals surface area contributed by atoms with Gasteiger partial charge in [0.05, 0.1) is 11.0 Å². The van der Waals surface area contributed by atoms with Crippen molar-refractivity contribution in [3.63, 3.8) is 0 Å². The molecule has 2 nitrogen and oxygen atoms in total. The summed E-state index contributed by atoms with van der Waals surface area (Å²) >= 11 is 0. The molecule has 5 aromatic rings. The van der Waals surface area contributed by atoms with Crippen LogP contribution in [0, 0.1) is 0 Å². The number of hydrogen-bond donors (Lipinski definition) is 0. The fourth-order valence-electron chi connectivity index (χ4n) is 5.96. The minimum Gasteiger partial charge on any atom is -0.313 e. The van der Waals surface area contributed by atoms with Gasteiger partial charge in [-0.25, -0.2) is 0 Å². The van der Waals surface area contributed by atoms with Crippen molar-refractivity contribution < 1.29 is 0 Å². The Bertz CT molecular complexity index is 1610. The quantitative estimate of drug-likeness (QED) is 0.270. The van der Waals surface area contributed by atoms with Gasteiger partial charge in [0.25, 0.3) is 0 Å². The molecule has 0 fully saturated rings. The van der Waals surface area contributed by atoms with Crippen LogP contribution >= 0.6 is 0 Å². The van der Waals surface area contributed by atoms with E-state index in [0.29, 0.717) is 5.92 Å². The number of para-hydroxylation sites is 2. The van der Waals surface area contributed by atoms with Gasteiger partial charge in [0, 0.05) is 50.6 Å². The maximum Gasteiger partial charge on any atom is 0.0537 e. The summed E-state index contributed by atoms with van der Waals surface area (Å²) in [4.78, 5) is 0. The molecular formula is C31H26N2. The zero-order valence-corrected chi connectivity index (χ0v) is 18.8. The lowest BCUT2D eigenvalue weighted by atomic mass is 9.93. The zero-order chi connectivity index (χ0) is 21.9. The molecule has 0 aliphatic heterocycles. The second kappa shape index (κ2) is 7.11. The summed E-state index contributed by atoms with van der Waals surface area (Å²) in [6, 6.07) is 26.8. The summed E-state index contributed by atoms with van der Waals surface area (Å²) in [6.07, 6.45) is 12.5. The Labute approximate surface area is 194 Å². The third-order valence-electron chi connectivity index (χ3n) is 7.39. The Morgan fingerprint density at radius 2 is 1.36 bits per heavy atom. The van der Waals surface area contributed by atoms with Crippen LogP contribution in [0.5, 0.6) is 0 Å². The molecular weight excluding hydrogens is 400 g/mol. The second-order valence-corrected chi connectivity index (χ2v) is 9.36. The van der Waals surface area contributed by atoms with Gasteiger partial charge >= 0.3 is 0 Å². The first kappa shape index (κ1) is 18.8. The van der Waals surface area contributed by atoms with Crippen LogP contribution in [0.3, 0.4) is 0 Å². The molecule has 2 heterocycles. The van der Waals surface area contributed by atoms with Gasteiger partial charge < -0.3 is 9.13 Å². The van der Waals surface area contributed by atoms with E-state index in [1.807, 2.05) is 0 Å². The topological polar surface area (TPSA) is 9.86 Å². The Balaban J connectivity index is 1.51. The molecule has 7 rings (SSSR count). The SMILES string of the molecule is CC1CC=Cc2c1n(-c1cccc(-n3c4c(c5ccccc53)C=CCC4)c1)c1ccccc21. The molecule has 2 aliphatic rings. The summed E-state index contributed by atoms with van der Waals surface area (Å²) in [7, 11) is 0. The van der Waals surface area contributed by atoms with Crippen LogP contribution in [-0.4, -0.2) is 9.13 Å². The number of rotatable bonds is 2. The Hall–Kier alpha value is -3.78.